The second-order valence-electron chi connectivity index (χ2n) is 7.67. The van der Waals surface area contributed by atoms with Crippen LogP contribution in [0.5, 0.6) is 0 Å². The van der Waals surface area contributed by atoms with Crippen molar-refractivity contribution in [2.75, 3.05) is 18.0 Å². The standard InChI is InChI=1S/C20H27N5O/c1-14-22-18-13-21-9-6-17(18)20(23-14)25-10-7-15(8-11-25)12-19(26)24-16-4-2-3-5-16/h6,9,13,15-16H,2-5,7-8,10-12H2,1H3,(H,24,26). The van der Waals surface area contributed by atoms with Gasteiger partial charge in [-0.2, -0.15) is 0 Å². The monoisotopic (exact) mass is 353 g/mol. The number of nitrogens with one attached hydrogen (secondary N) is 1. The summed E-state index contributed by atoms with van der Waals surface area (Å²) in [5, 5.41) is 4.28. The highest BCUT2D eigenvalue weighted by atomic mass is 16.1. The highest BCUT2D eigenvalue weighted by molar-refractivity contribution is 5.88. The fourth-order valence-electron chi connectivity index (χ4n) is 4.29. The van der Waals surface area contributed by atoms with Crippen LogP contribution in [0.4, 0.5) is 5.82 Å². The minimum atomic E-state index is 0.241. The van der Waals surface area contributed by atoms with Crippen molar-refractivity contribution in [3.05, 3.63) is 24.3 Å². The summed E-state index contributed by atoms with van der Waals surface area (Å²) in [4.78, 5) is 28.0. The third kappa shape index (κ3) is 3.79. The van der Waals surface area contributed by atoms with Crippen LogP contribution in [0.1, 0.15) is 50.8 Å². The molecule has 138 valence electrons. The Morgan fingerprint density at radius 1 is 1.19 bits per heavy atom. The second kappa shape index (κ2) is 7.56. The SMILES string of the molecule is Cc1nc(N2CCC(CC(=O)NC3CCCC3)CC2)c2ccncc2n1. The molecule has 26 heavy (non-hydrogen) atoms. The number of aromatic nitrogens is 3. The molecule has 1 amide bonds. The molecule has 1 saturated heterocycles. The van der Waals surface area contributed by atoms with Crippen LogP contribution in [-0.2, 0) is 4.79 Å². The van der Waals surface area contributed by atoms with E-state index in [0.717, 1.165) is 61.3 Å². The predicted molar refractivity (Wildman–Crippen MR) is 102 cm³/mol. The third-order valence-electron chi connectivity index (χ3n) is 5.70. The zero-order valence-corrected chi connectivity index (χ0v) is 15.4. The zero-order chi connectivity index (χ0) is 17.9. The van der Waals surface area contributed by atoms with Gasteiger partial charge in [-0.1, -0.05) is 12.8 Å². The number of rotatable bonds is 4. The van der Waals surface area contributed by atoms with Crippen LogP contribution in [0.3, 0.4) is 0 Å². The summed E-state index contributed by atoms with van der Waals surface area (Å²) in [6.07, 6.45) is 11.1. The van der Waals surface area contributed by atoms with E-state index in [9.17, 15) is 4.79 Å². The summed E-state index contributed by atoms with van der Waals surface area (Å²) in [6, 6.07) is 2.41. The predicted octanol–water partition coefficient (Wildman–Crippen LogP) is 3.00. The normalized spacial score (nSPS) is 19.2. The molecule has 6 heteroatoms. The van der Waals surface area contributed by atoms with Gasteiger partial charge in [0, 0.05) is 37.1 Å². The molecule has 0 spiro atoms. The van der Waals surface area contributed by atoms with E-state index >= 15 is 0 Å². The quantitative estimate of drug-likeness (QED) is 0.915. The van der Waals surface area contributed by atoms with Crippen LogP contribution in [0.2, 0.25) is 0 Å². The summed E-state index contributed by atoms with van der Waals surface area (Å²) in [5.41, 5.74) is 0.896. The molecule has 0 aromatic carbocycles. The molecular weight excluding hydrogens is 326 g/mol. The van der Waals surface area contributed by atoms with Gasteiger partial charge >= 0.3 is 0 Å². The zero-order valence-electron chi connectivity index (χ0n) is 15.4. The van der Waals surface area contributed by atoms with E-state index in [0.29, 0.717) is 18.4 Å². The summed E-state index contributed by atoms with van der Waals surface area (Å²) in [7, 11) is 0. The topological polar surface area (TPSA) is 71.0 Å². The number of aryl methyl sites for hydroxylation is 1. The van der Waals surface area contributed by atoms with Crippen molar-refractivity contribution in [3.63, 3.8) is 0 Å². The minimum Gasteiger partial charge on any atom is -0.356 e. The maximum absolute atomic E-state index is 12.3. The van der Waals surface area contributed by atoms with Gasteiger partial charge in [0.2, 0.25) is 5.91 Å². The van der Waals surface area contributed by atoms with Crippen LogP contribution in [0.25, 0.3) is 10.9 Å². The smallest absolute Gasteiger partial charge is 0.220 e. The number of hydrogen-bond donors (Lipinski definition) is 1. The highest BCUT2D eigenvalue weighted by Gasteiger charge is 2.25. The van der Waals surface area contributed by atoms with Gasteiger partial charge in [-0.25, -0.2) is 9.97 Å². The van der Waals surface area contributed by atoms with E-state index in [1.807, 2.05) is 13.0 Å². The van der Waals surface area contributed by atoms with Gasteiger partial charge in [-0.15, -0.1) is 0 Å². The van der Waals surface area contributed by atoms with Crippen molar-refractivity contribution in [3.8, 4) is 0 Å². The first kappa shape index (κ1) is 17.2. The number of hydrogen-bond acceptors (Lipinski definition) is 5. The van der Waals surface area contributed by atoms with Crippen molar-refractivity contribution in [2.24, 2.45) is 5.92 Å². The number of anilines is 1. The first-order valence-corrected chi connectivity index (χ1v) is 9.82. The van der Waals surface area contributed by atoms with Gasteiger partial charge in [0.15, 0.2) is 0 Å². The summed E-state index contributed by atoms with van der Waals surface area (Å²) >= 11 is 0. The lowest BCUT2D eigenvalue weighted by molar-refractivity contribution is -0.122. The molecule has 2 fully saturated rings. The molecule has 2 aromatic rings. The van der Waals surface area contributed by atoms with Gasteiger partial charge in [0.1, 0.15) is 11.6 Å². The number of carbonyl (C=O) groups excluding carboxylic acids is 1. The molecule has 0 radical (unpaired) electrons. The molecule has 3 heterocycles. The van der Waals surface area contributed by atoms with Crippen molar-refractivity contribution in [1.29, 1.82) is 0 Å². The Morgan fingerprint density at radius 2 is 1.96 bits per heavy atom. The van der Waals surface area contributed by atoms with Gasteiger partial charge in [-0.05, 0) is 44.6 Å². The lowest BCUT2D eigenvalue weighted by atomic mass is 9.93. The molecule has 2 aromatic heterocycles. The summed E-state index contributed by atoms with van der Waals surface area (Å²) in [5.74, 6) is 2.50. The number of amides is 1. The van der Waals surface area contributed by atoms with Crippen molar-refractivity contribution in [1.82, 2.24) is 20.3 Å². The summed E-state index contributed by atoms with van der Waals surface area (Å²) in [6.45, 7) is 3.81. The Bertz CT molecular complexity index is 779. The first-order valence-electron chi connectivity index (χ1n) is 9.82. The molecule has 1 aliphatic carbocycles. The van der Waals surface area contributed by atoms with Crippen LogP contribution < -0.4 is 10.2 Å². The third-order valence-corrected chi connectivity index (χ3v) is 5.70. The fourth-order valence-corrected chi connectivity index (χ4v) is 4.29. The molecule has 0 unspecified atom stereocenters. The van der Waals surface area contributed by atoms with Gasteiger partial charge < -0.3 is 10.2 Å². The van der Waals surface area contributed by atoms with Gasteiger partial charge in [-0.3, -0.25) is 9.78 Å². The van der Waals surface area contributed by atoms with Crippen molar-refractivity contribution < 1.29 is 4.79 Å². The number of nitrogens with zero attached hydrogens (tertiary/aromatic N) is 4. The lowest BCUT2D eigenvalue weighted by Gasteiger charge is -2.33. The number of pyridine rings is 1. The van der Waals surface area contributed by atoms with Crippen LogP contribution in [0, 0.1) is 12.8 Å². The fraction of sp³-hybridized carbons (Fsp3) is 0.600. The van der Waals surface area contributed by atoms with Crippen molar-refractivity contribution >= 4 is 22.6 Å². The Balaban J connectivity index is 1.37. The Kier molecular flexibility index (Phi) is 5.00. The van der Waals surface area contributed by atoms with Crippen molar-refractivity contribution in [2.45, 2.75) is 57.9 Å². The number of fused-ring (bicyclic) bond motifs is 1. The number of piperidine rings is 1. The first-order chi connectivity index (χ1) is 12.7. The van der Waals surface area contributed by atoms with E-state index in [2.05, 4.69) is 25.2 Å². The molecule has 4 rings (SSSR count). The van der Waals surface area contributed by atoms with Crippen LogP contribution >= 0.6 is 0 Å². The Labute approximate surface area is 154 Å². The maximum Gasteiger partial charge on any atom is 0.220 e. The molecule has 0 bridgehead atoms. The van der Waals surface area contributed by atoms with E-state index in [4.69, 9.17) is 0 Å². The van der Waals surface area contributed by atoms with E-state index in [-0.39, 0.29) is 5.91 Å². The largest absolute Gasteiger partial charge is 0.356 e. The minimum absolute atomic E-state index is 0.241. The molecule has 1 saturated carbocycles. The molecule has 6 nitrogen and oxygen atoms in total. The lowest BCUT2D eigenvalue weighted by Crippen LogP contribution is -2.38. The van der Waals surface area contributed by atoms with Crippen LogP contribution in [-0.4, -0.2) is 40.0 Å². The van der Waals surface area contributed by atoms with Gasteiger partial charge in [0.05, 0.1) is 11.7 Å². The molecule has 2 aliphatic rings. The Morgan fingerprint density at radius 3 is 2.73 bits per heavy atom. The van der Waals surface area contributed by atoms with Crippen LogP contribution in [0.15, 0.2) is 18.5 Å². The average molecular weight is 353 g/mol. The van der Waals surface area contributed by atoms with E-state index in [1.54, 1.807) is 12.4 Å². The van der Waals surface area contributed by atoms with E-state index in [1.165, 1.54) is 12.8 Å². The Hall–Kier alpha value is -2.24. The maximum atomic E-state index is 12.3. The molecule has 1 N–H and O–H groups in total. The average Bonchev–Trinajstić information content (AvgIpc) is 3.14. The molecule has 1 aliphatic heterocycles. The molecule has 0 atom stereocenters. The van der Waals surface area contributed by atoms with Gasteiger partial charge in [0.25, 0.3) is 0 Å². The molecular formula is C20H27N5O. The highest BCUT2D eigenvalue weighted by Crippen LogP contribution is 2.29. The number of carbonyl (C=O) groups is 1. The second-order valence-corrected chi connectivity index (χ2v) is 7.67. The van der Waals surface area contributed by atoms with E-state index < -0.39 is 0 Å². The summed E-state index contributed by atoms with van der Waals surface area (Å²) < 4.78 is 0.